The van der Waals surface area contributed by atoms with Crippen molar-refractivity contribution < 1.29 is 55.7 Å². The molecule has 50 heavy (non-hydrogen) atoms. The number of hydrogen-bond acceptors (Lipinski definition) is 16. The molecule has 5 aromatic rings. The number of nitrogens with zero attached hydrogens (tertiary/aromatic N) is 5. The second-order valence-electron chi connectivity index (χ2n) is 10.2. The van der Waals surface area contributed by atoms with Crippen LogP contribution in [0.1, 0.15) is 26.3 Å². The number of hydrogen-bond donors (Lipinski definition) is 8. The van der Waals surface area contributed by atoms with Gasteiger partial charge in [0.15, 0.2) is 5.75 Å². The van der Waals surface area contributed by atoms with Crippen LogP contribution in [0.4, 0.5) is 34.6 Å². The third-order valence-electron chi connectivity index (χ3n) is 6.62. The first kappa shape index (κ1) is 35.0. The Hall–Kier alpha value is -6.33. The zero-order chi connectivity index (χ0) is 36.5. The standard InChI is InChI=1S/C28H22N8O12S2/c1-12-3-2-4-16(5-12)35-36-22-20(50(45,46)47)10-13-9-18(49(42,43)44)11-19(21(13)23(22)37)31-27-32-26(33-28(34-27)48-29)30-17-7-14(24(38)39)6-15(8-17)25(40)41/h2-11,37H,29H2,1H3,(H,38,39)(H,40,41)(H,42,43,44)(H,45,46,47)(H2,30,31,32,33,34)/b36-35+. The summed E-state index contributed by atoms with van der Waals surface area (Å²) in [5.74, 6) is 0.524. The lowest BCUT2D eigenvalue weighted by molar-refractivity contribution is 0.0696. The number of nitrogens with one attached hydrogen (secondary N) is 2. The minimum atomic E-state index is -5.13. The number of anilines is 4. The molecule has 0 bridgehead atoms. The summed E-state index contributed by atoms with van der Waals surface area (Å²) in [6.45, 7) is 1.75. The topological polar surface area (TPSA) is 326 Å². The van der Waals surface area contributed by atoms with Gasteiger partial charge in [0.05, 0.1) is 27.4 Å². The molecule has 1 heterocycles. The molecule has 0 spiro atoms. The van der Waals surface area contributed by atoms with Crippen molar-refractivity contribution in [2.45, 2.75) is 16.7 Å². The third kappa shape index (κ3) is 7.69. The lowest BCUT2D eigenvalue weighted by atomic mass is 10.1. The molecule has 9 N–H and O–H groups in total. The van der Waals surface area contributed by atoms with E-state index in [2.05, 4.69) is 40.7 Å². The number of aromatic hydroxyl groups is 1. The first-order chi connectivity index (χ1) is 23.4. The third-order valence-corrected chi connectivity index (χ3v) is 8.31. The van der Waals surface area contributed by atoms with Crippen LogP contribution in [0.15, 0.2) is 80.7 Å². The molecular weight excluding hydrogens is 704 g/mol. The maximum absolute atomic E-state index is 12.4. The summed E-state index contributed by atoms with van der Waals surface area (Å²) in [5.41, 5.74) is -1.04. The van der Waals surface area contributed by atoms with Gasteiger partial charge in [-0.25, -0.2) is 9.59 Å². The maximum atomic E-state index is 12.4. The van der Waals surface area contributed by atoms with Crippen molar-refractivity contribution in [1.82, 2.24) is 15.0 Å². The Bertz CT molecular complexity index is 2440. The molecule has 0 amide bonds. The minimum Gasteiger partial charge on any atom is -0.505 e. The highest BCUT2D eigenvalue weighted by Crippen LogP contribution is 2.45. The molecule has 0 saturated carbocycles. The highest BCUT2D eigenvalue weighted by molar-refractivity contribution is 7.86. The number of aromatic carboxylic acids is 2. The number of phenols is 1. The monoisotopic (exact) mass is 726 g/mol. The smallest absolute Gasteiger partial charge is 0.342 e. The minimum absolute atomic E-state index is 0.111. The summed E-state index contributed by atoms with van der Waals surface area (Å²) >= 11 is 0. The number of nitrogens with two attached hydrogens (primary N) is 1. The number of rotatable bonds is 11. The summed E-state index contributed by atoms with van der Waals surface area (Å²) in [7, 11) is -10.1. The van der Waals surface area contributed by atoms with Crippen LogP contribution in [0.25, 0.3) is 10.8 Å². The number of carboxylic acids is 2. The van der Waals surface area contributed by atoms with Crippen LogP contribution < -0.4 is 21.4 Å². The lowest BCUT2D eigenvalue weighted by Crippen LogP contribution is -2.11. The molecule has 0 unspecified atom stereocenters. The molecular formula is C28H22N8O12S2. The van der Waals surface area contributed by atoms with Gasteiger partial charge in [0.1, 0.15) is 10.6 Å². The summed E-state index contributed by atoms with van der Waals surface area (Å²) in [6.07, 6.45) is 0. The Morgan fingerprint density at radius 1 is 0.820 bits per heavy atom. The van der Waals surface area contributed by atoms with E-state index in [1.165, 1.54) is 6.07 Å². The van der Waals surface area contributed by atoms with Crippen LogP contribution in [-0.4, -0.2) is 68.2 Å². The fourth-order valence-corrected chi connectivity index (χ4v) is 5.72. The fourth-order valence-electron chi connectivity index (χ4n) is 4.52. The molecule has 0 radical (unpaired) electrons. The number of benzene rings is 4. The average Bonchev–Trinajstić information content (AvgIpc) is 3.02. The Morgan fingerprint density at radius 3 is 2.02 bits per heavy atom. The number of fused-ring (bicyclic) bond motifs is 1. The number of azo groups is 1. The van der Waals surface area contributed by atoms with E-state index >= 15 is 0 Å². The second-order valence-corrected chi connectivity index (χ2v) is 13.0. The van der Waals surface area contributed by atoms with Gasteiger partial charge in [0, 0.05) is 11.1 Å². The van der Waals surface area contributed by atoms with Crippen molar-refractivity contribution in [2.24, 2.45) is 16.1 Å². The van der Waals surface area contributed by atoms with Gasteiger partial charge in [0.25, 0.3) is 20.2 Å². The number of carbonyl (C=O) groups is 2. The van der Waals surface area contributed by atoms with Crippen molar-refractivity contribution in [3.8, 4) is 11.8 Å². The van der Waals surface area contributed by atoms with Gasteiger partial charge in [-0.2, -0.15) is 42.8 Å². The van der Waals surface area contributed by atoms with Crippen molar-refractivity contribution in [1.29, 1.82) is 0 Å². The zero-order valence-electron chi connectivity index (χ0n) is 25.0. The number of carboxylic acid groups (broad SMARTS) is 2. The molecule has 0 aliphatic rings. The molecule has 4 aromatic carbocycles. The van der Waals surface area contributed by atoms with E-state index in [9.17, 15) is 50.8 Å². The lowest BCUT2D eigenvalue weighted by Gasteiger charge is -2.15. The summed E-state index contributed by atoms with van der Waals surface area (Å²) in [6, 6.07) is 11.4. The van der Waals surface area contributed by atoms with Crippen LogP contribution >= 0.6 is 0 Å². The highest BCUT2D eigenvalue weighted by atomic mass is 32.2. The van der Waals surface area contributed by atoms with Gasteiger partial charge in [0.2, 0.25) is 11.9 Å². The molecule has 22 heteroatoms. The molecule has 0 atom stereocenters. The zero-order valence-corrected chi connectivity index (χ0v) is 26.6. The van der Waals surface area contributed by atoms with Crippen LogP contribution in [0.5, 0.6) is 11.8 Å². The summed E-state index contributed by atoms with van der Waals surface area (Å²) < 4.78 is 69.0. The molecule has 5 rings (SSSR count). The van der Waals surface area contributed by atoms with E-state index in [1.54, 1.807) is 25.1 Å². The largest absolute Gasteiger partial charge is 0.505 e. The maximum Gasteiger partial charge on any atom is 0.342 e. The summed E-state index contributed by atoms with van der Waals surface area (Å²) in [4.78, 5) is 37.7. The fraction of sp³-hybridized carbons (Fsp3) is 0.0357. The Kier molecular flexibility index (Phi) is 9.30. The van der Waals surface area contributed by atoms with Gasteiger partial charge >= 0.3 is 17.9 Å². The van der Waals surface area contributed by atoms with E-state index in [1.807, 2.05) is 0 Å². The SMILES string of the molecule is Cc1cccc(/N=N/c2c(S(=O)(=O)O)cc3cc(S(=O)(=O)O)cc(Nc4nc(Nc5cc(C(=O)O)cc(C(=O)O)c5)nc(ON)n4)c3c2O)c1. The Labute approximate surface area is 280 Å². The van der Waals surface area contributed by atoms with E-state index < -0.39 is 82.4 Å². The second kappa shape index (κ2) is 13.3. The van der Waals surface area contributed by atoms with Gasteiger partial charge in [-0.3, -0.25) is 9.11 Å². The first-order valence-corrected chi connectivity index (χ1v) is 16.4. The van der Waals surface area contributed by atoms with Crippen molar-refractivity contribution >= 4 is 77.6 Å². The molecule has 258 valence electrons. The Morgan fingerprint density at radius 2 is 1.46 bits per heavy atom. The molecule has 0 aliphatic heterocycles. The Balaban J connectivity index is 1.69. The first-order valence-electron chi connectivity index (χ1n) is 13.5. The van der Waals surface area contributed by atoms with E-state index in [4.69, 9.17) is 5.90 Å². The van der Waals surface area contributed by atoms with Gasteiger partial charge in [-0.1, -0.05) is 12.1 Å². The van der Waals surface area contributed by atoms with E-state index in [0.29, 0.717) is 0 Å². The van der Waals surface area contributed by atoms with Crippen molar-refractivity contribution in [3.05, 3.63) is 77.4 Å². The van der Waals surface area contributed by atoms with Crippen LogP contribution in [0.3, 0.4) is 0 Å². The van der Waals surface area contributed by atoms with Crippen LogP contribution in [0, 0.1) is 6.92 Å². The number of aryl methyl sites for hydroxylation is 1. The van der Waals surface area contributed by atoms with Crippen LogP contribution in [0.2, 0.25) is 0 Å². The molecule has 0 fully saturated rings. The van der Waals surface area contributed by atoms with E-state index in [-0.39, 0.29) is 27.8 Å². The summed E-state index contributed by atoms with van der Waals surface area (Å²) in [5, 5.41) is 42.5. The van der Waals surface area contributed by atoms with Crippen molar-refractivity contribution in [3.63, 3.8) is 0 Å². The van der Waals surface area contributed by atoms with Crippen molar-refractivity contribution in [2.75, 3.05) is 10.6 Å². The number of aromatic nitrogens is 3. The van der Waals surface area contributed by atoms with Gasteiger partial charge in [-0.15, -0.1) is 5.11 Å². The van der Waals surface area contributed by atoms with Crippen LogP contribution in [-0.2, 0) is 20.2 Å². The normalized spacial score (nSPS) is 11.8. The quantitative estimate of drug-likeness (QED) is 0.0539. The molecule has 0 saturated heterocycles. The van der Waals surface area contributed by atoms with E-state index in [0.717, 1.165) is 42.0 Å². The molecule has 0 aliphatic carbocycles. The van der Waals surface area contributed by atoms with Gasteiger partial charge in [-0.05, 0) is 66.4 Å². The number of phenolic OH excluding ortho intramolecular Hbond substituents is 1. The molecule has 1 aromatic heterocycles. The van der Waals surface area contributed by atoms with Gasteiger partial charge < -0.3 is 30.8 Å². The predicted molar refractivity (Wildman–Crippen MR) is 172 cm³/mol. The predicted octanol–water partition coefficient (Wildman–Crippen LogP) is 4.08. The molecule has 20 nitrogen and oxygen atoms in total. The average molecular weight is 727 g/mol. The highest BCUT2D eigenvalue weighted by Gasteiger charge is 2.26.